The van der Waals surface area contributed by atoms with Crippen molar-refractivity contribution in [1.29, 1.82) is 0 Å². The third-order valence-corrected chi connectivity index (χ3v) is 1.96. The van der Waals surface area contributed by atoms with Crippen LogP contribution in [0.1, 0.15) is 19.8 Å². The standard InChI is InChI=1S/C9H16N.BrH/c1-3-4-7-10(2)8-5-6-9-10;/h5-6,8-9H,3-4,7H2,1-2H3;1H/q+1;/p-1. The van der Waals surface area contributed by atoms with E-state index >= 15 is 0 Å². The number of hydrogen-bond acceptors (Lipinski definition) is 0. The summed E-state index contributed by atoms with van der Waals surface area (Å²) in [6.07, 6.45) is 11.3. The topological polar surface area (TPSA) is 0 Å². The monoisotopic (exact) mass is 217 g/mol. The molecule has 1 aliphatic rings. The zero-order valence-electron chi connectivity index (χ0n) is 7.26. The van der Waals surface area contributed by atoms with E-state index in [-0.39, 0.29) is 17.0 Å². The molecule has 0 bridgehead atoms. The van der Waals surface area contributed by atoms with E-state index in [4.69, 9.17) is 0 Å². The number of rotatable bonds is 3. The number of nitrogens with zero attached hydrogens (tertiary/aromatic N) is 1. The molecule has 0 aliphatic carbocycles. The van der Waals surface area contributed by atoms with Crippen molar-refractivity contribution in [2.75, 3.05) is 13.6 Å². The summed E-state index contributed by atoms with van der Waals surface area (Å²) < 4.78 is 0.994. The van der Waals surface area contributed by atoms with Crippen LogP contribution in [-0.2, 0) is 0 Å². The van der Waals surface area contributed by atoms with Gasteiger partial charge in [-0.25, -0.2) is 0 Å². The minimum absolute atomic E-state index is 0. The van der Waals surface area contributed by atoms with Gasteiger partial charge in [0.15, 0.2) is 0 Å². The molecule has 1 aliphatic heterocycles. The highest BCUT2D eigenvalue weighted by atomic mass is 79.9. The summed E-state index contributed by atoms with van der Waals surface area (Å²) in [4.78, 5) is 0. The Morgan fingerprint density at radius 2 is 1.73 bits per heavy atom. The zero-order valence-corrected chi connectivity index (χ0v) is 8.84. The van der Waals surface area contributed by atoms with E-state index < -0.39 is 0 Å². The van der Waals surface area contributed by atoms with E-state index in [2.05, 4.69) is 38.5 Å². The molecule has 0 radical (unpaired) electrons. The molecule has 0 spiro atoms. The molecule has 1 nitrogen and oxygen atoms in total. The number of halogens is 1. The van der Waals surface area contributed by atoms with Crippen LogP contribution in [0.4, 0.5) is 0 Å². The van der Waals surface area contributed by atoms with E-state index in [0.717, 1.165) is 4.48 Å². The SMILES string of the molecule is CCCC[N+]1(C)C=CC=C1.[Br-]. The van der Waals surface area contributed by atoms with Crippen molar-refractivity contribution in [3.8, 4) is 0 Å². The van der Waals surface area contributed by atoms with E-state index in [1.807, 2.05) is 0 Å². The van der Waals surface area contributed by atoms with Gasteiger partial charge >= 0.3 is 0 Å². The number of unbranched alkanes of at least 4 members (excludes halogenated alkanes) is 1. The average Bonchev–Trinajstić information content (AvgIpc) is 2.33. The minimum Gasteiger partial charge on any atom is -1.00 e. The second kappa shape index (κ2) is 4.73. The van der Waals surface area contributed by atoms with Gasteiger partial charge in [0.1, 0.15) is 12.4 Å². The summed E-state index contributed by atoms with van der Waals surface area (Å²) >= 11 is 0. The molecule has 0 amide bonds. The Morgan fingerprint density at radius 1 is 1.18 bits per heavy atom. The first-order chi connectivity index (χ1) is 4.77. The van der Waals surface area contributed by atoms with Crippen LogP contribution in [0.15, 0.2) is 24.6 Å². The van der Waals surface area contributed by atoms with Gasteiger partial charge in [0.25, 0.3) is 0 Å². The summed E-state index contributed by atoms with van der Waals surface area (Å²) in [5.41, 5.74) is 0. The summed E-state index contributed by atoms with van der Waals surface area (Å²) in [6.45, 7) is 3.47. The lowest BCUT2D eigenvalue weighted by Gasteiger charge is -2.22. The van der Waals surface area contributed by atoms with Crippen molar-refractivity contribution in [1.82, 2.24) is 0 Å². The van der Waals surface area contributed by atoms with Gasteiger partial charge in [-0.15, -0.1) is 0 Å². The summed E-state index contributed by atoms with van der Waals surface area (Å²) in [6, 6.07) is 0. The Balaban J connectivity index is 0.000001000. The van der Waals surface area contributed by atoms with Crippen LogP contribution in [-0.4, -0.2) is 18.1 Å². The van der Waals surface area contributed by atoms with Gasteiger partial charge < -0.3 is 17.0 Å². The first kappa shape index (κ1) is 10.9. The smallest absolute Gasteiger partial charge is 0.100 e. The maximum absolute atomic E-state index is 2.23. The molecule has 2 heteroatoms. The molecule has 0 atom stereocenters. The predicted molar refractivity (Wildman–Crippen MR) is 44.2 cm³/mol. The Bertz CT molecular complexity index is 149. The third kappa shape index (κ3) is 3.21. The Labute approximate surface area is 79.8 Å². The molecule has 0 N–H and O–H groups in total. The fraction of sp³-hybridized carbons (Fsp3) is 0.556. The van der Waals surface area contributed by atoms with Crippen molar-refractivity contribution >= 4 is 0 Å². The largest absolute Gasteiger partial charge is 1.00 e. The number of hydrogen-bond donors (Lipinski definition) is 0. The normalized spacial score (nSPS) is 18.4. The van der Waals surface area contributed by atoms with Crippen molar-refractivity contribution in [3.63, 3.8) is 0 Å². The van der Waals surface area contributed by atoms with Crippen LogP contribution in [0.25, 0.3) is 0 Å². The van der Waals surface area contributed by atoms with Crippen LogP contribution >= 0.6 is 0 Å². The second-order valence-electron chi connectivity index (χ2n) is 3.11. The molecule has 0 saturated heterocycles. The predicted octanol–water partition coefficient (Wildman–Crippen LogP) is -0.722. The first-order valence-electron chi connectivity index (χ1n) is 3.99. The third-order valence-electron chi connectivity index (χ3n) is 1.96. The van der Waals surface area contributed by atoms with Crippen molar-refractivity contribution in [2.24, 2.45) is 0 Å². The molecule has 0 aromatic carbocycles. The Morgan fingerprint density at radius 3 is 2.18 bits per heavy atom. The van der Waals surface area contributed by atoms with Crippen molar-refractivity contribution < 1.29 is 21.5 Å². The highest BCUT2D eigenvalue weighted by Gasteiger charge is 2.15. The highest BCUT2D eigenvalue weighted by molar-refractivity contribution is 5.03. The van der Waals surface area contributed by atoms with Crippen molar-refractivity contribution in [2.45, 2.75) is 19.8 Å². The molecular formula is C9H16BrN. The molecule has 0 aromatic rings. The van der Waals surface area contributed by atoms with Gasteiger partial charge in [0.05, 0.1) is 13.6 Å². The lowest BCUT2D eigenvalue weighted by atomic mass is 10.3. The molecule has 1 rings (SSSR count). The van der Waals surface area contributed by atoms with Crippen LogP contribution < -0.4 is 17.0 Å². The first-order valence-corrected chi connectivity index (χ1v) is 3.99. The van der Waals surface area contributed by atoms with Gasteiger partial charge in [0.2, 0.25) is 0 Å². The quantitative estimate of drug-likeness (QED) is 0.548. The van der Waals surface area contributed by atoms with Crippen LogP contribution in [0, 0.1) is 0 Å². The molecular weight excluding hydrogens is 202 g/mol. The fourth-order valence-electron chi connectivity index (χ4n) is 1.19. The van der Waals surface area contributed by atoms with Gasteiger partial charge in [-0.2, -0.15) is 0 Å². The lowest BCUT2D eigenvalue weighted by Crippen LogP contribution is -3.00. The van der Waals surface area contributed by atoms with Gasteiger partial charge in [-0.3, -0.25) is 4.48 Å². The molecule has 0 saturated carbocycles. The van der Waals surface area contributed by atoms with Gasteiger partial charge in [-0.05, 0) is 18.6 Å². The molecule has 0 fully saturated rings. The Kier molecular flexibility index (Phi) is 4.69. The molecule has 64 valence electrons. The maximum atomic E-state index is 2.23. The number of quaternary nitrogens is 1. The number of allylic oxidation sites excluding steroid dienone is 2. The second-order valence-corrected chi connectivity index (χ2v) is 3.11. The maximum Gasteiger partial charge on any atom is 0.100 e. The minimum atomic E-state index is 0. The molecule has 11 heavy (non-hydrogen) atoms. The summed E-state index contributed by atoms with van der Waals surface area (Å²) in [5, 5.41) is 0. The van der Waals surface area contributed by atoms with E-state index in [1.165, 1.54) is 19.4 Å². The van der Waals surface area contributed by atoms with E-state index in [1.54, 1.807) is 0 Å². The van der Waals surface area contributed by atoms with Crippen LogP contribution in [0.2, 0.25) is 0 Å². The van der Waals surface area contributed by atoms with Crippen molar-refractivity contribution in [3.05, 3.63) is 24.6 Å². The van der Waals surface area contributed by atoms with Gasteiger partial charge in [0, 0.05) is 0 Å². The zero-order chi connectivity index (χ0) is 7.45. The average molecular weight is 218 g/mol. The van der Waals surface area contributed by atoms with E-state index in [0.29, 0.717) is 0 Å². The fourth-order valence-corrected chi connectivity index (χ4v) is 1.19. The molecule has 1 heterocycles. The molecule has 0 aromatic heterocycles. The highest BCUT2D eigenvalue weighted by Crippen LogP contribution is 2.12. The van der Waals surface area contributed by atoms with E-state index in [9.17, 15) is 0 Å². The lowest BCUT2D eigenvalue weighted by molar-refractivity contribution is -0.804. The summed E-state index contributed by atoms with van der Waals surface area (Å²) in [7, 11) is 2.23. The Hall–Kier alpha value is -0.0800. The van der Waals surface area contributed by atoms with Crippen LogP contribution in [0.3, 0.4) is 0 Å². The molecule has 0 unspecified atom stereocenters. The van der Waals surface area contributed by atoms with Gasteiger partial charge in [-0.1, -0.05) is 13.3 Å². The van der Waals surface area contributed by atoms with Crippen LogP contribution in [0.5, 0.6) is 0 Å². The summed E-state index contributed by atoms with van der Waals surface area (Å²) in [5.74, 6) is 0.